The zero-order chi connectivity index (χ0) is 30.7. The van der Waals surface area contributed by atoms with Crippen molar-refractivity contribution in [3.05, 3.63) is 108 Å². The van der Waals surface area contributed by atoms with Crippen molar-refractivity contribution in [3.8, 4) is 0 Å². The molecule has 1 unspecified atom stereocenters. The van der Waals surface area contributed by atoms with Gasteiger partial charge in [-0.1, -0.05) is 44.6 Å². The summed E-state index contributed by atoms with van der Waals surface area (Å²) in [6.45, 7) is 24.1. The number of benzene rings is 2. The Hall–Kier alpha value is -4.32. The molecule has 0 aliphatic heterocycles. The number of unbranched alkanes of at least 4 members (excludes halogenated alkanes) is 1. The van der Waals surface area contributed by atoms with Gasteiger partial charge in [0.1, 0.15) is 11.4 Å². The predicted octanol–water partition coefficient (Wildman–Crippen LogP) is 8.50. The van der Waals surface area contributed by atoms with Crippen molar-refractivity contribution in [3.63, 3.8) is 0 Å². The second-order valence-corrected chi connectivity index (χ2v) is 10.4. The summed E-state index contributed by atoms with van der Waals surface area (Å²) in [6.07, 6.45) is 6.93. The standard InChI is InChI=1S/C17H24N2O.C16H18N2O.C2H4/c1-5-6-7-13(4)18-17(20)16-10-14-12(3)8-11(2)9-15(14)19-16;1-5-6-12(4)17-16(19)15-9-13-11(3)7-10(2)8-14(13)18-15;1-2/h8-10,13,19H,5-7H2,1-4H3,(H,18,20);5-9,18H,4H2,1-3H3,(H,17,19);1-2H2/b;6-5-;. The van der Waals surface area contributed by atoms with Crippen LogP contribution in [0.2, 0.25) is 0 Å². The van der Waals surface area contributed by atoms with Gasteiger partial charge in [-0.05, 0) is 101 Å². The Kier molecular flexibility index (Phi) is 12.4. The maximum Gasteiger partial charge on any atom is 0.272 e. The number of carbonyl (C=O) groups is 2. The molecule has 0 radical (unpaired) electrons. The van der Waals surface area contributed by atoms with Gasteiger partial charge in [-0.3, -0.25) is 9.59 Å². The van der Waals surface area contributed by atoms with E-state index < -0.39 is 0 Å². The van der Waals surface area contributed by atoms with Crippen LogP contribution in [0.25, 0.3) is 21.8 Å². The van der Waals surface area contributed by atoms with E-state index in [-0.39, 0.29) is 17.9 Å². The molecule has 2 heterocycles. The molecule has 0 aliphatic rings. The van der Waals surface area contributed by atoms with Crippen molar-refractivity contribution >= 4 is 33.6 Å². The first-order valence-corrected chi connectivity index (χ1v) is 14.2. The SMILES string of the molecule is C=C.C=C(/C=C\C)NC(=O)c1cc2c(C)cc(C)cc2[nH]1.CCCCC(C)NC(=O)c1cc2c(C)cc(C)cc2[nH]1. The Labute approximate surface area is 245 Å². The van der Waals surface area contributed by atoms with Crippen molar-refractivity contribution < 1.29 is 9.59 Å². The highest BCUT2D eigenvalue weighted by Crippen LogP contribution is 2.22. The van der Waals surface area contributed by atoms with E-state index in [9.17, 15) is 9.59 Å². The summed E-state index contributed by atoms with van der Waals surface area (Å²) in [6, 6.07) is 12.4. The van der Waals surface area contributed by atoms with E-state index in [1.165, 1.54) is 16.7 Å². The minimum atomic E-state index is -0.170. The summed E-state index contributed by atoms with van der Waals surface area (Å²) in [5.41, 5.74) is 8.56. The lowest BCUT2D eigenvalue weighted by atomic mass is 10.1. The van der Waals surface area contributed by atoms with Crippen LogP contribution >= 0.6 is 0 Å². The predicted molar refractivity (Wildman–Crippen MR) is 175 cm³/mol. The fraction of sp³-hybridized carbons (Fsp3) is 0.314. The van der Waals surface area contributed by atoms with Gasteiger partial charge in [0.25, 0.3) is 11.8 Å². The van der Waals surface area contributed by atoms with Crippen LogP contribution in [0.3, 0.4) is 0 Å². The smallest absolute Gasteiger partial charge is 0.272 e. The molecule has 218 valence electrons. The highest BCUT2D eigenvalue weighted by Gasteiger charge is 2.14. The van der Waals surface area contributed by atoms with Gasteiger partial charge in [0.2, 0.25) is 0 Å². The molecular formula is C35H46N4O2. The number of H-pyrrole nitrogens is 2. The fourth-order valence-electron chi connectivity index (χ4n) is 4.78. The van der Waals surface area contributed by atoms with Crippen molar-refractivity contribution in [1.82, 2.24) is 20.6 Å². The van der Waals surface area contributed by atoms with Crippen molar-refractivity contribution in [2.75, 3.05) is 0 Å². The van der Waals surface area contributed by atoms with E-state index >= 15 is 0 Å². The molecule has 2 amide bonds. The minimum absolute atomic E-state index is 0.0122. The van der Waals surface area contributed by atoms with Crippen LogP contribution in [-0.2, 0) is 0 Å². The fourth-order valence-corrected chi connectivity index (χ4v) is 4.78. The lowest BCUT2D eigenvalue weighted by Gasteiger charge is -2.12. The molecule has 0 saturated heterocycles. The minimum Gasteiger partial charge on any atom is -0.351 e. The molecule has 6 nitrogen and oxygen atoms in total. The van der Waals surface area contributed by atoms with Crippen molar-refractivity contribution in [1.29, 1.82) is 0 Å². The van der Waals surface area contributed by atoms with Gasteiger partial charge >= 0.3 is 0 Å². The Bertz CT molecular complexity index is 1540. The molecular weight excluding hydrogens is 508 g/mol. The van der Waals surface area contributed by atoms with Gasteiger partial charge in [0.05, 0.1) is 0 Å². The molecule has 2 aromatic heterocycles. The Balaban J connectivity index is 0.000000271. The molecule has 4 N–H and O–H groups in total. The number of hydrogen-bond acceptors (Lipinski definition) is 2. The largest absolute Gasteiger partial charge is 0.351 e. The molecule has 2 aromatic carbocycles. The second-order valence-electron chi connectivity index (χ2n) is 10.4. The maximum absolute atomic E-state index is 12.2. The summed E-state index contributed by atoms with van der Waals surface area (Å²) < 4.78 is 0. The van der Waals surface area contributed by atoms with Crippen LogP contribution in [-0.4, -0.2) is 27.8 Å². The third kappa shape index (κ3) is 9.10. The number of hydrogen-bond donors (Lipinski definition) is 4. The Morgan fingerprint density at radius 1 is 0.854 bits per heavy atom. The molecule has 0 saturated carbocycles. The maximum atomic E-state index is 12.2. The summed E-state index contributed by atoms with van der Waals surface area (Å²) in [7, 11) is 0. The molecule has 6 heteroatoms. The van der Waals surface area contributed by atoms with Gasteiger partial charge < -0.3 is 20.6 Å². The first kappa shape index (κ1) is 32.9. The summed E-state index contributed by atoms with van der Waals surface area (Å²) >= 11 is 0. The number of allylic oxidation sites excluding steroid dienone is 2. The molecule has 0 spiro atoms. The van der Waals surface area contributed by atoms with Crippen LogP contribution in [0.1, 0.15) is 83.3 Å². The average Bonchev–Trinajstić information content (AvgIpc) is 3.54. The van der Waals surface area contributed by atoms with Crippen molar-refractivity contribution in [2.24, 2.45) is 0 Å². The highest BCUT2D eigenvalue weighted by atomic mass is 16.2. The number of aromatic nitrogens is 2. The molecule has 41 heavy (non-hydrogen) atoms. The number of aryl methyl sites for hydroxylation is 4. The lowest BCUT2D eigenvalue weighted by Crippen LogP contribution is -2.32. The zero-order valence-electron chi connectivity index (χ0n) is 25.8. The third-order valence-electron chi connectivity index (χ3n) is 6.68. The van der Waals surface area contributed by atoms with E-state index in [1.807, 2.05) is 45.0 Å². The van der Waals surface area contributed by atoms with Gasteiger partial charge in [-0.15, -0.1) is 13.2 Å². The van der Waals surface area contributed by atoms with Crippen LogP contribution in [0, 0.1) is 27.7 Å². The third-order valence-corrected chi connectivity index (χ3v) is 6.68. The molecule has 1 atom stereocenters. The van der Waals surface area contributed by atoms with Gasteiger partial charge in [0, 0.05) is 33.5 Å². The number of rotatable bonds is 8. The van der Waals surface area contributed by atoms with Gasteiger partial charge in [-0.2, -0.15) is 0 Å². The van der Waals surface area contributed by atoms with E-state index in [0.717, 1.165) is 46.6 Å². The van der Waals surface area contributed by atoms with Gasteiger partial charge in [-0.25, -0.2) is 0 Å². The van der Waals surface area contributed by atoms with E-state index in [1.54, 1.807) is 6.08 Å². The van der Waals surface area contributed by atoms with Crippen LogP contribution in [0.5, 0.6) is 0 Å². The van der Waals surface area contributed by atoms with Gasteiger partial charge in [0.15, 0.2) is 0 Å². The summed E-state index contributed by atoms with van der Waals surface area (Å²) in [5.74, 6) is -0.182. The van der Waals surface area contributed by atoms with Crippen LogP contribution in [0.4, 0.5) is 0 Å². The zero-order valence-corrected chi connectivity index (χ0v) is 25.8. The molecule has 0 bridgehead atoms. The normalized spacial score (nSPS) is 11.4. The molecule has 4 rings (SSSR count). The number of fused-ring (bicyclic) bond motifs is 2. The van der Waals surface area contributed by atoms with E-state index in [2.05, 4.69) is 86.2 Å². The topological polar surface area (TPSA) is 89.8 Å². The number of nitrogens with one attached hydrogen (secondary N) is 4. The Morgan fingerprint density at radius 3 is 1.80 bits per heavy atom. The molecule has 0 aliphatic carbocycles. The first-order chi connectivity index (χ1) is 19.5. The number of carbonyl (C=O) groups excluding carboxylic acids is 2. The average molecular weight is 555 g/mol. The monoisotopic (exact) mass is 554 g/mol. The highest BCUT2D eigenvalue weighted by molar-refractivity contribution is 6.00. The summed E-state index contributed by atoms with van der Waals surface area (Å²) in [4.78, 5) is 30.7. The number of amides is 2. The second kappa shape index (κ2) is 15.5. The summed E-state index contributed by atoms with van der Waals surface area (Å²) in [5, 5.41) is 8.00. The molecule has 4 aromatic rings. The van der Waals surface area contributed by atoms with Crippen molar-refractivity contribution in [2.45, 2.75) is 73.8 Å². The van der Waals surface area contributed by atoms with E-state index in [4.69, 9.17) is 0 Å². The van der Waals surface area contributed by atoms with Crippen LogP contribution < -0.4 is 10.6 Å². The molecule has 0 fully saturated rings. The van der Waals surface area contributed by atoms with E-state index in [0.29, 0.717) is 17.1 Å². The quantitative estimate of drug-likeness (QED) is 0.130. The first-order valence-electron chi connectivity index (χ1n) is 14.2. The van der Waals surface area contributed by atoms with Crippen LogP contribution in [0.15, 0.2) is 74.0 Å². The number of aromatic amines is 2. The Morgan fingerprint density at radius 2 is 1.34 bits per heavy atom. The lowest BCUT2D eigenvalue weighted by molar-refractivity contribution is 0.0931.